The Morgan fingerprint density at radius 1 is 0.542 bits per heavy atom. The smallest absolute Gasteiger partial charge is 0.0231 e. The van der Waals surface area contributed by atoms with Crippen molar-refractivity contribution in [2.75, 3.05) is 0 Å². The summed E-state index contributed by atoms with van der Waals surface area (Å²) in [5.41, 5.74) is 0. The molecule has 16 atom stereocenters. The van der Waals surface area contributed by atoms with Crippen LogP contribution in [0.3, 0.4) is 0 Å². The molecule has 0 aromatic rings. The Morgan fingerprint density at radius 2 is 1.17 bits per heavy atom. The Balaban J connectivity index is 1.26. The monoisotopic (exact) mass is 661 g/mol. The van der Waals surface area contributed by atoms with E-state index in [4.69, 9.17) is 0 Å². The number of fused-ring (bicyclic) bond motifs is 1. The topological polar surface area (TPSA) is 0 Å². The van der Waals surface area contributed by atoms with Crippen molar-refractivity contribution < 1.29 is 0 Å². The number of hydrogen-bond acceptors (Lipinski definition) is 0. The summed E-state index contributed by atoms with van der Waals surface area (Å²) in [5, 5.41) is 0. The summed E-state index contributed by atoms with van der Waals surface area (Å²) in [7, 11) is 0. The second kappa shape index (κ2) is 18.0. The fourth-order valence-corrected chi connectivity index (χ4v) is 15.1. The molecule has 0 aliphatic heterocycles. The summed E-state index contributed by atoms with van der Waals surface area (Å²) >= 11 is 0. The maximum atomic E-state index is 2.70. The lowest BCUT2D eigenvalue weighted by Gasteiger charge is -2.58. The molecule has 48 heavy (non-hydrogen) atoms. The van der Waals surface area contributed by atoms with Gasteiger partial charge in [0.25, 0.3) is 0 Å². The van der Waals surface area contributed by atoms with Gasteiger partial charge >= 0.3 is 0 Å². The molecule has 5 fully saturated rings. The van der Waals surface area contributed by atoms with E-state index in [9.17, 15) is 0 Å². The Hall–Kier alpha value is -0.260. The molecule has 6 aliphatic rings. The molecule has 0 heteroatoms. The van der Waals surface area contributed by atoms with Crippen molar-refractivity contribution in [2.45, 2.75) is 196 Å². The maximum absolute atomic E-state index is 2.70. The highest BCUT2D eigenvalue weighted by atomic mass is 14.6. The van der Waals surface area contributed by atoms with E-state index < -0.39 is 0 Å². The molecule has 0 bridgehead atoms. The van der Waals surface area contributed by atoms with Crippen LogP contribution in [0.25, 0.3) is 0 Å². The van der Waals surface area contributed by atoms with Crippen LogP contribution >= 0.6 is 0 Å². The first-order chi connectivity index (χ1) is 23.4. The fourth-order valence-electron chi connectivity index (χ4n) is 15.1. The SMILES string of the molecule is CCC1C(CC2CCCCC2C(CCC2CCCC2C)C2CCCCC2C)C2CCCCC2C(C2CCCC(C)C/C=C\C2C)C1CC. The third-order valence-electron chi connectivity index (χ3n) is 17.6. The Morgan fingerprint density at radius 3 is 1.90 bits per heavy atom. The average Bonchev–Trinajstić information content (AvgIpc) is 3.54. The molecule has 6 rings (SSSR count). The van der Waals surface area contributed by atoms with Crippen molar-refractivity contribution in [3.8, 4) is 0 Å². The third kappa shape index (κ3) is 8.51. The molecular weight excluding hydrogens is 577 g/mol. The van der Waals surface area contributed by atoms with Crippen LogP contribution in [0.4, 0.5) is 0 Å². The van der Waals surface area contributed by atoms with E-state index in [1.807, 2.05) is 0 Å². The minimum absolute atomic E-state index is 0.773. The summed E-state index contributed by atoms with van der Waals surface area (Å²) in [6.07, 6.45) is 41.9. The molecule has 16 unspecified atom stereocenters. The molecule has 0 aromatic heterocycles. The summed E-state index contributed by atoms with van der Waals surface area (Å²) in [6, 6.07) is 0. The molecule has 0 radical (unpaired) electrons. The zero-order valence-corrected chi connectivity index (χ0v) is 33.4. The summed E-state index contributed by atoms with van der Waals surface area (Å²) in [6.45, 7) is 15.7. The van der Waals surface area contributed by atoms with Crippen LogP contribution in [0, 0.1) is 94.7 Å². The van der Waals surface area contributed by atoms with Crippen molar-refractivity contribution >= 4 is 0 Å². The van der Waals surface area contributed by atoms with Crippen LogP contribution in [0.5, 0.6) is 0 Å². The third-order valence-corrected chi connectivity index (χ3v) is 17.6. The van der Waals surface area contributed by atoms with Crippen molar-refractivity contribution in [3.63, 3.8) is 0 Å². The molecular formula is C48H84. The van der Waals surface area contributed by atoms with Gasteiger partial charge in [-0.2, -0.15) is 0 Å². The molecule has 0 saturated heterocycles. The van der Waals surface area contributed by atoms with Gasteiger partial charge in [-0.25, -0.2) is 0 Å². The molecule has 5 saturated carbocycles. The van der Waals surface area contributed by atoms with Gasteiger partial charge in [-0.1, -0.05) is 150 Å². The number of rotatable bonds is 10. The minimum Gasteiger partial charge on any atom is -0.0880 e. The van der Waals surface area contributed by atoms with Gasteiger partial charge in [0.1, 0.15) is 0 Å². The quantitative estimate of drug-likeness (QED) is 0.205. The standard InChI is InChI=1S/C48H84/c1-7-39-40(8-2)48(42-29-16-19-33(3)18-15-22-36(42)6)46-28-14-13-27-44(46)47(39)32-38-23-10-12-26-43(38)45(41-25-11-9-20-35(41)5)31-30-37-24-17-21-34(37)4/h15,22,33-48H,7-14,16-21,23-32H2,1-6H3/b22-15-. The second-order valence-corrected chi connectivity index (χ2v) is 20.0. The van der Waals surface area contributed by atoms with Crippen molar-refractivity contribution in [2.24, 2.45) is 94.7 Å². The number of hydrogen-bond donors (Lipinski definition) is 0. The fraction of sp³-hybridized carbons (Fsp3) is 0.958. The summed E-state index contributed by atoms with van der Waals surface area (Å²) < 4.78 is 0. The van der Waals surface area contributed by atoms with Gasteiger partial charge < -0.3 is 0 Å². The normalized spacial score (nSPS) is 47.3. The van der Waals surface area contributed by atoms with Gasteiger partial charge in [0.2, 0.25) is 0 Å². The Kier molecular flexibility index (Phi) is 14.0. The van der Waals surface area contributed by atoms with Crippen molar-refractivity contribution in [1.82, 2.24) is 0 Å². The van der Waals surface area contributed by atoms with E-state index in [0.717, 1.165) is 94.7 Å². The van der Waals surface area contributed by atoms with Gasteiger partial charge in [-0.05, 0) is 152 Å². The maximum Gasteiger partial charge on any atom is -0.0231 e. The highest BCUT2D eigenvalue weighted by Crippen LogP contribution is 2.60. The van der Waals surface area contributed by atoms with E-state index in [1.165, 1.54) is 96.3 Å². The van der Waals surface area contributed by atoms with E-state index in [0.29, 0.717) is 0 Å². The molecule has 0 nitrogen and oxygen atoms in total. The second-order valence-electron chi connectivity index (χ2n) is 20.0. The highest BCUT2D eigenvalue weighted by molar-refractivity contribution is 5.04. The Bertz CT molecular complexity index is 953. The highest BCUT2D eigenvalue weighted by Gasteiger charge is 2.53. The molecule has 0 spiro atoms. The number of allylic oxidation sites excluding steroid dienone is 2. The Labute approximate surface area is 301 Å². The van der Waals surface area contributed by atoms with Crippen molar-refractivity contribution in [3.05, 3.63) is 12.2 Å². The van der Waals surface area contributed by atoms with Gasteiger partial charge in [-0.3, -0.25) is 0 Å². The molecule has 0 N–H and O–H groups in total. The van der Waals surface area contributed by atoms with Gasteiger partial charge in [-0.15, -0.1) is 0 Å². The van der Waals surface area contributed by atoms with Crippen LogP contribution < -0.4 is 0 Å². The van der Waals surface area contributed by atoms with Crippen LogP contribution in [-0.4, -0.2) is 0 Å². The first-order valence-electron chi connectivity index (χ1n) is 23.1. The van der Waals surface area contributed by atoms with Crippen LogP contribution in [0.1, 0.15) is 196 Å². The lowest BCUT2D eigenvalue weighted by Crippen LogP contribution is -2.51. The first kappa shape index (κ1) is 37.5. The molecule has 0 amide bonds. The van der Waals surface area contributed by atoms with Crippen LogP contribution in [0.15, 0.2) is 12.2 Å². The molecule has 0 heterocycles. The van der Waals surface area contributed by atoms with Crippen molar-refractivity contribution in [1.29, 1.82) is 0 Å². The predicted molar refractivity (Wildman–Crippen MR) is 210 cm³/mol. The van der Waals surface area contributed by atoms with E-state index in [2.05, 4.69) is 53.7 Å². The van der Waals surface area contributed by atoms with E-state index in [1.54, 1.807) is 57.8 Å². The van der Waals surface area contributed by atoms with E-state index >= 15 is 0 Å². The minimum atomic E-state index is 0.773. The van der Waals surface area contributed by atoms with Gasteiger partial charge in [0, 0.05) is 0 Å². The summed E-state index contributed by atoms with van der Waals surface area (Å²) in [4.78, 5) is 0. The lowest BCUT2D eigenvalue weighted by molar-refractivity contribution is -0.0913. The van der Waals surface area contributed by atoms with Gasteiger partial charge in [0.15, 0.2) is 0 Å². The first-order valence-corrected chi connectivity index (χ1v) is 23.1. The van der Waals surface area contributed by atoms with Crippen LogP contribution in [0.2, 0.25) is 0 Å². The van der Waals surface area contributed by atoms with Crippen LogP contribution in [-0.2, 0) is 0 Å². The zero-order chi connectivity index (χ0) is 33.6. The molecule has 276 valence electrons. The van der Waals surface area contributed by atoms with Gasteiger partial charge in [0.05, 0.1) is 0 Å². The van der Waals surface area contributed by atoms with E-state index in [-0.39, 0.29) is 0 Å². The summed E-state index contributed by atoms with van der Waals surface area (Å²) in [5.74, 6) is 15.7. The molecule has 0 aromatic carbocycles. The average molecular weight is 661 g/mol. The lowest BCUT2D eigenvalue weighted by atomic mass is 9.47. The predicted octanol–water partition coefficient (Wildman–Crippen LogP) is 15.0. The zero-order valence-electron chi connectivity index (χ0n) is 33.4. The largest absolute Gasteiger partial charge is 0.0880 e. The molecule has 6 aliphatic carbocycles.